The summed E-state index contributed by atoms with van der Waals surface area (Å²) in [6.45, 7) is 1.98. The number of benzene rings is 2. The van der Waals surface area contributed by atoms with Crippen LogP contribution < -0.4 is 26.8 Å². The summed E-state index contributed by atoms with van der Waals surface area (Å²) in [5.74, 6) is 6.85. The summed E-state index contributed by atoms with van der Waals surface area (Å²) in [6.07, 6.45) is 1.42. The lowest BCUT2D eigenvalue weighted by atomic mass is 9.79. The van der Waals surface area contributed by atoms with Gasteiger partial charge in [0, 0.05) is 23.4 Å². The SMILES string of the molecule is Cc1cccc(C#CC2=CNC(=NCc3ccccc3OC(F)(F)F)NC2(N)CC2CCC(N)CC2)c1. The minimum atomic E-state index is -4.78. The van der Waals surface area contributed by atoms with Crippen LogP contribution in [0.15, 0.2) is 65.3 Å². The zero-order valence-corrected chi connectivity index (χ0v) is 20.7. The first-order chi connectivity index (χ1) is 17.6. The molecule has 6 nitrogen and oxygen atoms in total. The maximum atomic E-state index is 12.8. The summed E-state index contributed by atoms with van der Waals surface area (Å²) in [5, 5.41) is 6.34. The van der Waals surface area contributed by atoms with Gasteiger partial charge in [-0.1, -0.05) is 42.2 Å². The third-order valence-corrected chi connectivity index (χ3v) is 6.64. The van der Waals surface area contributed by atoms with Crippen LogP contribution in [0.25, 0.3) is 0 Å². The van der Waals surface area contributed by atoms with Gasteiger partial charge < -0.3 is 26.8 Å². The number of para-hydroxylation sites is 1. The first-order valence-electron chi connectivity index (χ1n) is 12.4. The van der Waals surface area contributed by atoms with Crippen molar-refractivity contribution in [1.82, 2.24) is 10.6 Å². The largest absolute Gasteiger partial charge is 0.573 e. The number of rotatable bonds is 5. The average Bonchev–Trinajstić information content (AvgIpc) is 2.83. The maximum absolute atomic E-state index is 12.8. The zero-order chi connectivity index (χ0) is 26.5. The van der Waals surface area contributed by atoms with E-state index in [9.17, 15) is 13.2 Å². The van der Waals surface area contributed by atoms with Crippen LogP contribution in [0.3, 0.4) is 0 Å². The highest BCUT2D eigenvalue weighted by atomic mass is 19.4. The fraction of sp³-hybridized carbons (Fsp3) is 0.393. The lowest BCUT2D eigenvalue weighted by Crippen LogP contribution is -2.63. The van der Waals surface area contributed by atoms with Gasteiger partial charge in [0.15, 0.2) is 5.96 Å². The molecule has 0 saturated heterocycles. The van der Waals surface area contributed by atoms with E-state index < -0.39 is 12.0 Å². The van der Waals surface area contributed by atoms with Gasteiger partial charge in [0.1, 0.15) is 11.4 Å². The number of guanidine groups is 1. The van der Waals surface area contributed by atoms with Crippen LogP contribution >= 0.6 is 0 Å². The number of hydrogen-bond acceptors (Lipinski definition) is 4. The quantitative estimate of drug-likeness (QED) is 0.445. The van der Waals surface area contributed by atoms with E-state index in [0.29, 0.717) is 29.4 Å². The Morgan fingerprint density at radius 3 is 2.57 bits per heavy atom. The predicted octanol–water partition coefficient (Wildman–Crippen LogP) is 4.44. The highest BCUT2D eigenvalue weighted by molar-refractivity contribution is 5.84. The molecule has 1 aliphatic carbocycles. The molecule has 1 atom stereocenters. The zero-order valence-electron chi connectivity index (χ0n) is 20.7. The molecule has 0 spiro atoms. The van der Waals surface area contributed by atoms with Crippen molar-refractivity contribution in [1.29, 1.82) is 0 Å². The number of hydrogen-bond donors (Lipinski definition) is 4. The summed E-state index contributed by atoms with van der Waals surface area (Å²) in [5.41, 5.74) is 15.0. The Labute approximate surface area is 215 Å². The summed E-state index contributed by atoms with van der Waals surface area (Å²) >= 11 is 0. The molecule has 1 heterocycles. The number of nitrogens with one attached hydrogen (secondary N) is 2. The normalized spacial score (nSPS) is 24.8. The van der Waals surface area contributed by atoms with Crippen molar-refractivity contribution < 1.29 is 17.9 Å². The number of ether oxygens (including phenoxy) is 1. The molecule has 196 valence electrons. The van der Waals surface area contributed by atoms with Crippen molar-refractivity contribution in [2.45, 2.75) is 63.6 Å². The van der Waals surface area contributed by atoms with E-state index >= 15 is 0 Å². The molecule has 0 aromatic heterocycles. The van der Waals surface area contributed by atoms with Crippen LogP contribution in [-0.4, -0.2) is 24.0 Å². The molecule has 2 aromatic carbocycles. The van der Waals surface area contributed by atoms with Gasteiger partial charge in [-0.15, -0.1) is 13.2 Å². The van der Waals surface area contributed by atoms with Gasteiger partial charge in [-0.05, 0) is 68.7 Å². The molecule has 2 aromatic rings. The molecular weight excluding hydrogens is 479 g/mol. The Bertz CT molecular complexity index is 1220. The fourth-order valence-corrected chi connectivity index (χ4v) is 4.71. The second-order valence-electron chi connectivity index (χ2n) is 9.72. The van der Waals surface area contributed by atoms with E-state index in [0.717, 1.165) is 36.8 Å². The molecule has 1 unspecified atom stereocenters. The van der Waals surface area contributed by atoms with E-state index in [4.69, 9.17) is 11.5 Å². The lowest BCUT2D eigenvalue weighted by Gasteiger charge is -2.39. The van der Waals surface area contributed by atoms with Crippen LogP contribution in [-0.2, 0) is 6.54 Å². The first-order valence-corrected chi connectivity index (χ1v) is 12.4. The van der Waals surface area contributed by atoms with Crippen molar-refractivity contribution in [2.75, 3.05) is 0 Å². The molecule has 37 heavy (non-hydrogen) atoms. The highest BCUT2D eigenvalue weighted by Gasteiger charge is 2.37. The predicted molar refractivity (Wildman–Crippen MR) is 138 cm³/mol. The number of halogens is 3. The number of nitrogens with two attached hydrogens (primary N) is 2. The molecular formula is C28H32F3N5O. The van der Waals surface area contributed by atoms with E-state index in [1.54, 1.807) is 18.3 Å². The molecule has 1 aliphatic heterocycles. The van der Waals surface area contributed by atoms with Gasteiger partial charge in [0.25, 0.3) is 0 Å². The summed E-state index contributed by atoms with van der Waals surface area (Å²) in [4.78, 5) is 4.46. The number of nitrogens with zero attached hydrogens (tertiary/aromatic N) is 1. The number of alkyl halides is 3. The van der Waals surface area contributed by atoms with Crippen molar-refractivity contribution in [2.24, 2.45) is 22.4 Å². The van der Waals surface area contributed by atoms with Gasteiger partial charge in [-0.3, -0.25) is 0 Å². The second-order valence-corrected chi connectivity index (χ2v) is 9.72. The van der Waals surface area contributed by atoms with E-state index in [-0.39, 0.29) is 18.3 Å². The highest BCUT2D eigenvalue weighted by Crippen LogP contribution is 2.32. The third kappa shape index (κ3) is 7.51. The van der Waals surface area contributed by atoms with Crippen molar-refractivity contribution in [3.8, 4) is 17.6 Å². The van der Waals surface area contributed by atoms with Crippen LogP contribution in [0.1, 0.15) is 48.8 Å². The summed E-state index contributed by atoms with van der Waals surface area (Å²) in [6, 6.07) is 14.1. The molecule has 0 radical (unpaired) electrons. The second kappa shape index (κ2) is 11.3. The topological polar surface area (TPSA) is 97.7 Å². The van der Waals surface area contributed by atoms with E-state index in [2.05, 4.69) is 32.2 Å². The Morgan fingerprint density at radius 2 is 1.84 bits per heavy atom. The Hall–Kier alpha value is -3.48. The van der Waals surface area contributed by atoms with Gasteiger partial charge in [0.2, 0.25) is 0 Å². The monoisotopic (exact) mass is 511 g/mol. The number of aliphatic imine (C=N–C) groups is 1. The van der Waals surface area contributed by atoms with Crippen LogP contribution in [0, 0.1) is 24.7 Å². The van der Waals surface area contributed by atoms with E-state index in [1.165, 1.54) is 12.1 Å². The van der Waals surface area contributed by atoms with Gasteiger partial charge in [0.05, 0.1) is 12.1 Å². The molecule has 0 amide bonds. The minimum Gasteiger partial charge on any atom is -0.405 e. The minimum absolute atomic E-state index is 0.0336. The Balaban J connectivity index is 1.57. The average molecular weight is 512 g/mol. The van der Waals surface area contributed by atoms with Crippen molar-refractivity contribution in [3.05, 3.63) is 77.0 Å². The smallest absolute Gasteiger partial charge is 0.405 e. The summed E-state index contributed by atoms with van der Waals surface area (Å²) in [7, 11) is 0. The molecule has 0 bridgehead atoms. The molecule has 6 N–H and O–H groups in total. The van der Waals surface area contributed by atoms with Crippen molar-refractivity contribution >= 4 is 5.96 Å². The molecule has 1 saturated carbocycles. The molecule has 1 fully saturated rings. The summed E-state index contributed by atoms with van der Waals surface area (Å²) < 4.78 is 42.5. The van der Waals surface area contributed by atoms with Gasteiger partial charge >= 0.3 is 6.36 Å². The molecule has 2 aliphatic rings. The molecule has 9 heteroatoms. The van der Waals surface area contributed by atoms with Crippen LogP contribution in [0.4, 0.5) is 13.2 Å². The fourth-order valence-electron chi connectivity index (χ4n) is 4.71. The third-order valence-electron chi connectivity index (χ3n) is 6.64. The van der Waals surface area contributed by atoms with Crippen LogP contribution in [0.2, 0.25) is 0 Å². The van der Waals surface area contributed by atoms with Gasteiger partial charge in [-0.2, -0.15) is 0 Å². The lowest BCUT2D eigenvalue weighted by molar-refractivity contribution is -0.274. The molecule has 4 rings (SSSR count). The Morgan fingerprint density at radius 1 is 1.08 bits per heavy atom. The maximum Gasteiger partial charge on any atom is 0.573 e. The van der Waals surface area contributed by atoms with Crippen LogP contribution in [0.5, 0.6) is 5.75 Å². The Kier molecular flexibility index (Phi) is 8.10. The van der Waals surface area contributed by atoms with Gasteiger partial charge in [-0.25, -0.2) is 4.99 Å². The first kappa shape index (κ1) is 26.6. The number of aryl methyl sites for hydroxylation is 1. The van der Waals surface area contributed by atoms with E-state index in [1.807, 2.05) is 31.2 Å². The standard InChI is InChI=1S/C28H32F3N5O/c1-19-5-4-6-20(15-19)9-12-23-18-35-26(36-27(23,33)16-21-10-13-24(32)14-11-21)34-17-22-7-2-3-8-25(22)37-28(29,30)31/h2-8,15,18,21,24H,10-11,13-14,16-17,32-33H2,1H3,(H2,34,35,36). The van der Waals surface area contributed by atoms with Crippen molar-refractivity contribution in [3.63, 3.8) is 0 Å².